The van der Waals surface area contributed by atoms with Crippen LogP contribution in [-0.2, 0) is 4.79 Å². The molecule has 1 aliphatic heterocycles. The fraction of sp³-hybridized carbons (Fsp3) is 0.462. The molecule has 2 N–H and O–H groups in total. The monoisotopic (exact) mass is 422 g/mol. The third-order valence-corrected chi connectivity index (χ3v) is 4.58. The number of anilines is 1. The second kappa shape index (κ2) is 6.86. The van der Waals surface area contributed by atoms with E-state index in [4.69, 9.17) is 0 Å². The second-order valence-corrected chi connectivity index (χ2v) is 6.65. The number of carbonyl (C=O) groups excluding carboxylic acids is 1. The van der Waals surface area contributed by atoms with Crippen LogP contribution in [0.5, 0.6) is 0 Å². The zero-order chi connectivity index (χ0) is 13.0. The number of halogens is 2. The van der Waals surface area contributed by atoms with Crippen molar-refractivity contribution in [3.05, 3.63) is 26.2 Å². The molecule has 1 aromatic rings. The molecular formula is C13H16BrIN2O. The Labute approximate surface area is 129 Å². The van der Waals surface area contributed by atoms with Gasteiger partial charge >= 0.3 is 0 Å². The molecule has 1 aromatic carbocycles. The van der Waals surface area contributed by atoms with Crippen molar-refractivity contribution in [2.24, 2.45) is 5.92 Å². The van der Waals surface area contributed by atoms with E-state index < -0.39 is 0 Å². The van der Waals surface area contributed by atoms with Crippen molar-refractivity contribution in [2.45, 2.75) is 19.3 Å². The molecule has 18 heavy (non-hydrogen) atoms. The van der Waals surface area contributed by atoms with Crippen LogP contribution in [0.4, 0.5) is 5.69 Å². The van der Waals surface area contributed by atoms with Crippen molar-refractivity contribution in [2.75, 3.05) is 18.4 Å². The lowest BCUT2D eigenvalue weighted by Gasteiger charge is -2.10. The van der Waals surface area contributed by atoms with E-state index in [1.165, 1.54) is 6.42 Å². The summed E-state index contributed by atoms with van der Waals surface area (Å²) in [4.78, 5) is 11.9. The first kappa shape index (κ1) is 14.3. The number of rotatable bonds is 4. The molecule has 0 saturated carbocycles. The molecule has 1 saturated heterocycles. The Morgan fingerprint density at radius 3 is 3.11 bits per heavy atom. The van der Waals surface area contributed by atoms with Crippen LogP contribution >= 0.6 is 38.5 Å². The number of hydrogen-bond acceptors (Lipinski definition) is 2. The summed E-state index contributed by atoms with van der Waals surface area (Å²) in [5.74, 6) is 0.773. The van der Waals surface area contributed by atoms with Gasteiger partial charge < -0.3 is 10.6 Å². The Kier molecular flexibility index (Phi) is 5.44. The van der Waals surface area contributed by atoms with Gasteiger partial charge in [0, 0.05) is 14.5 Å². The Morgan fingerprint density at radius 1 is 1.56 bits per heavy atom. The second-order valence-electron chi connectivity index (χ2n) is 4.57. The van der Waals surface area contributed by atoms with E-state index >= 15 is 0 Å². The van der Waals surface area contributed by atoms with Gasteiger partial charge in [0.1, 0.15) is 0 Å². The van der Waals surface area contributed by atoms with E-state index in [-0.39, 0.29) is 5.91 Å². The number of hydrogen-bond donors (Lipinski definition) is 2. The minimum Gasteiger partial charge on any atom is -0.325 e. The van der Waals surface area contributed by atoms with E-state index in [1.54, 1.807) is 0 Å². The van der Waals surface area contributed by atoms with Gasteiger partial charge in [-0.1, -0.05) is 15.9 Å². The standard InChI is InChI=1S/C13H16BrIN2O/c14-10-2-3-11(15)12(7-10)17-13(18)4-1-9-5-6-16-8-9/h2-3,7,9,16H,1,4-6,8H2,(H,17,18). The maximum Gasteiger partial charge on any atom is 0.224 e. The summed E-state index contributed by atoms with van der Waals surface area (Å²) in [6, 6.07) is 5.90. The highest BCUT2D eigenvalue weighted by Crippen LogP contribution is 2.23. The maximum atomic E-state index is 11.9. The smallest absolute Gasteiger partial charge is 0.224 e. The maximum absolute atomic E-state index is 11.9. The van der Waals surface area contributed by atoms with Crippen LogP contribution < -0.4 is 10.6 Å². The Balaban J connectivity index is 1.84. The third kappa shape index (κ3) is 4.20. The summed E-state index contributed by atoms with van der Waals surface area (Å²) in [6.07, 6.45) is 2.78. The highest BCUT2D eigenvalue weighted by Gasteiger charge is 2.16. The molecule has 0 spiro atoms. The third-order valence-electron chi connectivity index (χ3n) is 3.14. The van der Waals surface area contributed by atoms with Crippen molar-refractivity contribution >= 4 is 50.1 Å². The molecule has 1 atom stereocenters. The number of carbonyl (C=O) groups is 1. The summed E-state index contributed by atoms with van der Waals surface area (Å²) in [5, 5.41) is 6.30. The fourth-order valence-electron chi connectivity index (χ4n) is 2.10. The van der Waals surface area contributed by atoms with E-state index in [9.17, 15) is 4.79 Å². The minimum absolute atomic E-state index is 0.109. The molecule has 1 fully saturated rings. The predicted octanol–water partition coefficient (Wildman–Crippen LogP) is 3.38. The summed E-state index contributed by atoms with van der Waals surface area (Å²) >= 11 is 5.65. The summed E-state index contributed by atoms with van der Waals surface area (Å²) in [6.45, 7) is 2.15. The highest BCUT2D eigenvalue weighted by molar-refractivity contribution is 14.1. The molecule has 1 aliphatic rings. The van der Waals surface area contributed by atoms with Crippen molar-refractivity contribution in [3.8, 4) is 0 Å². The van der Waals surface area contributed by atoms with Crippen LogP contribution in [0.3, 0.4) is 0 Å². The van der Waals surface area contributed by atoms with Crippen molar-refractivity contribution in [1.29, 1.82) is 0 Å². The van der Waals surface area contributed by atoms with Crippen molar-refractivity contribution in [1.82, 2.24) is 5.32 Å². The molecule has 98 valence electrons. The van der Waals surface area contributed by atoms with Crippen LogP contribution in [0.1, 0.15) is 19.3 Å². The first-order valence-corrected chi connectivity index (χ1v) is 7.98. The molecule has 5 heteroatoms. The molecule has 3 nitrogen and oxygen atoms in total. The SMILES string of the molecule is O=C(CCC1CCNC1)Nc1cc(Br)ccc1I. The predicted molar refractivity (Wildman–Crippen MR) is 85.7 cm³/mol. The van der Waals surface area contributed by atoms with Crippen LogP contribution in [0.15, 0.2) is 22.7 Å². The molecule has 1 heterocycles. The summed E-state index contributed by atoms with van der Waals surface area (Å²) < 4.78 is 2.05. The lowest BCUT2D eigenvalue weighted by Crippen LogP contribution is -2.15. The average Bonchev–Trinajstić information content (AvgIpc) is 2.84. The lowest BCUT2D eigenvalue weighted by atomic mass is 10.0. The zero-order valence-electron chi connectivity index (χ0n) is 10.0. The first-order valence-electron chi connectivity index (χ1n) is 6.11. The molecule has 1 amide bonds. The zero-order valence-corrected chi connectivity index (χ0v) is 13.8. The fourth-order valence-corrected chi connectivity index (χ4v) is 2.93. The van der Waals surface area contributed by atoms with Crippen LogP contribution in [0.25, 0.3) is 0 Å². The van der Waals surface area contributed by atoms with Crippen LogP contribution in [-0.4, -0.2) is 19.0 Å². The van der Waals surface area contributed by atoms with E-state index in [0.717, 1.165) is 33.2 Å². The van der Waals surface area contributed by atoms with Crippen LogP contribution in [0, 0.1) is 9.49 Å². The van der Waals surface area contributed by atoms with Crippen molar-refractivity contribution in [3.63, 3.8) is 0 Å². The van der Waals surface area contributed by atoms with Gasteiger partial charge in [0.15, 0.2) is 0 Å². The Bertz CT molecular complexity index is 433. The van der Waals surface area contributed by atoms with Gasteiger partial charge in [-0.3, -0.25) is 4.79 Å². The van der Waals surface area contributed by atoms with Gasteiger partial charge in [0.05, 0.1) is 5.69 Å². The number of benzene rings is 1. The topological polar surface area (TPSA) is 41.1 Å². The van der Waals surface area contributed by atoms with Crippen LogP contribution in [0.2, 0.25) is 0 Å². The van der Waals surface area contributed by atoms with Gasteiger partial charge in [0.2, 0.25) is 5.91 Å². The Morgan fingerprint density at radius 2 is 2.39 bits per heavy atom. The quantitative estimate of drug-likeness (QED) is 0.730. The number of amides is 1. The van der Waals surface area contributed by atoms with E-state index in [2.05, 4.69) is 49.2 Å². The normalized spacial score (nSPS) is 18.9. The molecule has 0 bridgehead atoms. The van der Waals surface area contributed by atoms with Gasteiger partial charge in [0.25, 0.3) is 0 Å². The van der Waals surface area contributed by atoms with E-state index in [0.29, 0.717) is 12.3 Å². The molecule has 2 rings (SSSR count). The highest BCUT2D eigenvalue weighted by atomic mass is 127. The first-order chi connectivity index (χ1) is 8.65. The van der Waals surface area contributed by atoms with Gasteiger partial charge in [-0.05, 0) is 72.6 Å². The summed E-state index contributed by atoms with van der Waals surface area (Å²) in [7, 11) is 0. The largest absolute Gasteiger partial charge is 0.325 e. The lowest BCUT2D eigenvalue weighted by molar-refractivity contribution is -0.116. The van der Waals surface area contributed by atoms with Crippen molar-refractivity contribution < 1.29 is 4.79 Å². The molecule has 0 radical (unpaired) electrons. The Hall–Kier alpha value is -0.140. The van der Waals surface area contributed by atoms with Gasteiger partial charge in [-0.25, -0.2) is 0 Å². The average molecular weight is 423 g/mol. The number of nitrogens with one attached hydrogen (secondary N) is 2. The molecule has 1 unspecified atom stereocenters. The minimum atomic E-state index is 0.109. The molecule has 0 aromatic heterocycles. The molecule has 0 aliphatic carbocycles. The molecular weight excluding hydrogens is 407 g/mol. The van der Waals surface area contributed by atoms with Gasteiger partial charge in [-0.2, -0.15) is 0 Å². The summed E-state index contributed by atoms with van der Waals surface area (Å²) in [5.41, 5.74) is 0.888. The van der Waals surface area contributed by atoms with Gasteiger partial charge in [-0.15, -0.1) is 0 Å². The van der Waals surface area contributed by atoms with E-state index in [1.807, 2.05) is 18.2 Å².